The van der Waals surface area contributed by atoms with E-state index >= 15 is 0 Å². The molecular weight excluding hydrogens is 462 g/mol. The zero-order valence-electron chi connectivity index (χ0n) is 18.9. The van der Waals surface area contributed by atoms with E-state index in [0.29, 0.717) is 29.6 Å². The van der Waals surface area contributed by atoms with E-state index in [1.165, 1.54) is 11.1 Å². The summed E-state index contributed by atoms with van der Waals surface area (Å²) >= 11 is 6.56. The first-order valence-corrected chi connectivity index (χ1v) is 12.2. The molecule has 0 amide bonds. The van der Waals surface area contributed by atoms with Crippen LogP contribution in [0.3, 0.4) is 0 Å². The molecule has 6 nitrogen and oxygen atoms in total. The van der Waals surface area contributed by atoms with Crippen molar-refractivity contribution in [1.82, 2.24) is 15.5 Å². The minimum Gasteiger partial charge on any atom is -0.481 e. The number of nitrogens with one attached hydrogen (secondary N) is 1. The molecule has 0 saturated heterocycles. The summed E-state index contributed by atoms with van der Waals surface area (Å²) in [6, 6.07) is 22.6. The first-order valence-electron chi connectivity index (χ1n) is 11.9. The van der Waals surface area contributed by atoms with Gasteiger partial charge in [0.2, 0.25) is 5.82 Å². The number of aliphatic carboxylic acids is 1. The van der Waals surface area contributed by atoms with E-state index < -0.39 is 5.97 Å². The third-order valence-corrected chi connectivity index (χ3v) is 7.44. The number of hydrogen-bond acceptors (Lipinski definition) is 5. The summed E-state index contributed by atoms with van der Waals surface area (Å²) in [5.74, 6) is 0.0892. The van der Waals surface area contributed by atoms with Gasteiger partial charge in [-0.1, -0.05) is 65.3 Å². The summed E-state index contributed by atoms with van der Waals surface area (Å²) in [5.41, 5.74) is 6.26. The van der Waals surface area contributed by atoms with Crippen LogP contribution in [0.2, 0.25) is 5.02 Å². The molecule has 1 aromatic heterocycles. The average Bonchev–Trinajstić information content (AvgIpc) is 3.48. The Hall–Kier alpha value is -3.48. The number of halogens is 1. The molecule has 0 aliphatic heterocycles. The number of nitrogens with zero attached hydrogens (tertiary/aromatic N) is 2. The van der Waals surface area contributed by atoms with Crippen LogP contribution in [0, 0.1) is 5.92 Å². The van der Waals surface area contributed by atoms with Gasteiger partial charge in [0.1, 0.15) is 0 Å². The molecule has 0 radical (unpaired) electrons. The maximum atomic E-state index is 11.1. The summed E-state index contributed by atoms with van der Waals surface area (Å²) in [7, 11) is 0. The average molecular weight is 486 g/mol. The monoisotopic (exact) mass is 485 g/mol. The van der Waals surface area contributed by atoms with Crippen LogP contribution < -0.4 is 5.32 Å². The molecule has 1 unspecified atom stereocenters. The van der Waals surface area contributed by atoms with E-state index in [-0.39, 0.29) is 18.0 Å². The standard InChI is InChI=1S/C28H24ClN3O3/c29-24-15-19(7-9-22(24)16-4-2-1-3-5-16)27-31-26(32-35-27)18-6-10-23-17(12-18)8-11-25(23)30-21-13-20(14-21)28(33)34/h1-7,9-10,12,15,20-21,25,30H,8,11,13-14H2,(H,33,34). The zero-order valence-corrected chi connectivity index (χ0v) is 19.7. The lowest BCUT2D eigenvalue weighted by Crippen LogP contribution is -2.45. The topological polar surface area (TPSA) is 88.2 Å². The van der Waals surface area contributed by atoms with Crippen molar-refractivity contribution in [2.24, 2.45) is 5.92 Å². The van der Waals surface area contributed by atoms with Crippen LogP contribution in [-0.2, 0) is 11.2 Å². The molecule has 1 fully saturated rings. The Balaban J connectivity index is 1.18. The van der Waals surface area contributed by atoms with Crippen molar-refractivity contribution in [2.45, 2.75) is 37.8 Å². The molecular formula is C28H24ClN3O3. The lowest BCUT2D eigenvalue weighted by Gasteiger charge is -2.35. The van der Waals surface area contributed by atoms with Crippen LogP contribution in [0.1, 0.15) is 36.4 Å². The van der Waals surface area contributed by atoms with Crippen molar-refractivity contribution >= 4 is 17.6 Å². The van der Waals surface area contributed by atoms with E-state index in [1.807, 2.05) is 54.6 Å². The number of carboxylic acid groups (broad SMARTS) is 1. The molecule has 2 N–H and O–H groups in total. The molecule has 1 saturated carbocycles. The quantitative estimate of drug-likeness (QED) is 0.340. The largest absolute Gasteiger partial charge is 0.481 e. The lowest BCUT2D eigenvalue weighted by atomic mass is 9.80. The maximum absolute atomic E-state index is 11.1. The molecule has 3 aromatic carbocycles. The van der Waals surface area contributed by atoms with Crippen LogP contribution in [0.4, 0.5) is 0 Å². The second kappa shape index (κ2) is 8.95. The van der Waals surface area contributed by atoms with Crippen LogP contribution in [0.15, 0.2) is 71.3 Å². The third kappa shape index (κ3) is 4.24. The minimum absolute atomic E-state index is 0.201. The molecule has 1 heterocycles. The molecule has 0 spiro atoms. The van der Waals surface area contributed by atoms with E-state index in [9.17, 15) is 4.79 Å². The van der Waals surface area contributed by atoms with Crippen LogP contribution in [0.5, 0.6) is 0 Å². The Bertz CT molecular complexity index is 1400. The highest BCUT2D eigenvalue weighted by atomic mass is 35.5. The highest BCUT2D eigenvalue weighted by molar-refractivity contribution is 6.33. The normalized spacial score (nSPS) is 20.9. The predicted octanol–water partition coefficient (Wildman–Crippen LogP) is 6.16. The smallest absolute Gasteiger partial charge is 0.306 e. The fourth-order valence-electron chi connectivity index (χ4n) is 5.13. The van der Waals surface area contributed by atoms with Crippen molar-refractivity contribution in [1.29, 1.82) is 0 Å². The number of aromatic nitrogens is 2. The van der Waals surface area contributed by atoms with Gasteiger partial charge in [0.25, 0.3) is 5.89 Å². The SMILES string of the molecule is O=C(O)C1CC(NC2CCc3cc(-c4noc(-c5ccc(-c6ccccc6)c(Cl)c5)n4)ccc32)C1. The molecule has 176 valence electrons. The molecule has 2 aliphatic rings. The van der Waals surface area contributed by atoms with Crippen molar-refractivity contribution in [3.05, 3.63) is 82.9 Å². The second-order valence-corrected chi connectivity index (χ2v) is 9.77. The number of carboxylic acids is 1. The van der Waals surface area contributed by atoms with Crippen LogP contribution >= 0.6 is 11.6 Å². The first-order chi connectivity index (χ1) is 17.0. The van der Waals surface area contributed by atoms with Gasteiger partial charge < -0.3 is 14.9 Å². The van der Waals surface area contributed by atoms with E-state index in [2.05, 4.69) is 27.6 Å². The second-order valence-electron chi connectivity index (χ2n) is 9.36. The predicted molar refractivity (Wildman–Crippen MR) is 134 cm³/mol. The van der Waals surface area contributed by atoms with Crippen molar-refractivity contribution in [3.8, 4) is 34.0 Å². The molecule has 35 heavy (non-hydrogen) atoms. The van der Waals surface area contributed by atoms with Crippen LogP contribution in [-0.4, -0.2) is 27.3 Å². The summed E-state index contributed by atoms with van der Waals surface area (Å²) in [5, 5.41) is 17.6. The molecule has 6 rings (SSSR count). The Morgan fingerprint density at radius 3 is 2.57 bits per heavy atom. The van der Waals surface area contributed by atoms with Crippen molar-refractivity contribution < 1.29 is 14.4 Å². The number of fused-ring (bicyclic) bond motifs is 1. The fraction of sp³-hybridized carbons (Fsp3) is 0.250. The third-order valence-electron chi connectivity index (χ3n) is 7.13. The van der Waals surface area contributed by atoms with Crippen molar-refractivity contribution in [3.63, 3.8) is 0 Å². The number of aryl methyl sites for hydroxylation is 1. The summed E-state index contributed by atoms with van der Waals surface area (Å²) in [6.07, 6.45) is 3.40. The molecule has 4 aromatic rings. The molecule has 0 bridgehead atoms. The van der Waals surface area contributed by atoms with Gasteiger partial charge in [0.15, 0.2) is 0 Å². The number of carbonyl (C=O) groups is 1. The van der Waals surface area contributed by atoms with Gasteiger partial charge in [0.05, 0.1) is 5.92 Å². The molecule has 7 heteroatoms. The van der Waals surface area contributed by atoms with Crippen LogP contribution in [0.25, 0.3) is 34.0 Å². The minimum atomic E-state index is -0.687. The van der Waals surface area contributed by atoms with Gasteiger partial charge in [-0.3, -0.25) is 4.79 Å². The maximum Gasteiger partial charge on any atom is 0.306 e. The number of benzene rings is 3. The Morgan fingerprint density at radius 2 is 1.80 bits per heavy atom. The Morgan fingerprint density at radius 1 is 1.00 bits per heavy atom. The molecule has 1 atom stereocenters. The first kappa shape index (κ1) is 22.0. The van der Waals surface area contributed by atoms with Gasteiger partial charge in [-0.2, -0.15) is 4.98 Å². The van der Waals surface area contributed by atoms with E-state index in [4.69, 9.17) is 21.2 Å². The van der Waals surface area contributed by atoms with Gasteiger partial charge >= 0.3 is 5.97 Å². The zero-order chi connectivity index (χ0) is 23.9. The summed E-state index contributed by atoms with van der Waals surface area (Å²) in [4.78, 5) is 15.7. The fourth-order valence-corrected chi connectivity index (χ4v) is 5.42. The van der Waals surface area contributed by atoms with E-state index in [1.54, 1.807) is 0 Å². The van der Waals surface area contributed by atoms with E-state index in [0.717, 1.165) is 35.1 Å². The number of hydrogen-bond donors (Lipinski definition) is 2. The lowest BCUT2D eigenvalue weighted by molar-refractivity contribution is -0.145. The summed E-state index contributed by atoms with van der Waals surface area (Å²) in [6.45, 7) is 0. The number of rotatable bonds is 6. The summed E-state index contributed by atoms with van der Waals surface area (Å²) < 4.78 is 5.57. The highest BCUT2D eigenvalue weighted by Crippen LogP contribution is 2.38. The van der Waals surface area contributed by atoms with Gasteiger partial charge in [-0.05, 0) is 60.6 Å². The van der Waals surface area contributed by atoms with Gasteiger partial charge in [-0.25, -0.2) is 0 Å². The highest BCUT2D eigenvalue weighted by Gasteiger charge is 2.36. The Kier molecular flexibility index (Phi) is 5.63. The Labute approximate surface area is 208 Å². The van der Waals surface area contributed by atoms with Gasteiger partial charge in [0, 0.05) is 33.8 Å². The van der Waals surface area contributed by atoms with Crippen molar-refractivity contribution in [2.75, 3.05) is 0 Å². The molecule has 2 aliphatic carbocycles. The van der Waals surface area contributed by atoms with Gasteiger partial charge in [-0.15, -0.1) is 0 Å².